The van der Waals surface area contributed by atoms with E-state index in [1.165, 1.54) is 4.70 Å². The fraction of sp³-hybridized carbons (Fsp3) is 0.364. The van der Waals surface area contributed by atoms with Gasteiger partial charge in [0, 0.05) is 31.7 Å². The number of benzene rings is 2. The molecule has 0 unspecified atom stereocenters. The van der Waals surface area contributed by atoms with Crippen molar-refractivity contribution in [1.82, 2.24) is 14.8 Å². The fourth-order valence-corrected chi connectivity index (χ4v) is 4.56. The number of hydrogen-bond acceptors (Lipinski definition) is 6. The van der Waals surface area contributed by atoms with E-state index in [2.05, 4.69) is 17.0 Å². The lowest BCUT2D eigenvalue weighted by Crippen LogP contribution is -2.48. The maximum atomic E-state index is 12.9. The van der Waals surface area contributed by atoms with Crippen LogP contribution in [0.5, 0.6) is 11.5 Å². The molecule has 0 spiro atoms. The van der Waals surface area contributed by atoms with E-state index in [-0.39, 0.29) is 5.91 Å². The van der Waals surface area contributed by atoms with Gasteiger partial charge >= 0.3 is 0 Å². The summed E-state index contributed by atoms with van der Waals surface area (Å²) in [6.45, 7) is 6.38. The first-order valence-corrected chi connectivity index (χ1v) is 10.7. The van der Waals surface area contributed by atoms with Crippen LogP contribution in [0, 0.1) is 0 Å². The molecule has 0 atom stereocenters. The van der Waals surface area contributed by atoms with E-state index in [1.807, 2.05) is 24.0 Å². The molecule has 152 valence electrons. The SMILES string of the molecule is CCOc1cc(C(=O)N2CCN(Cc3nc4ccccc4s3)CC2)ccc1OC. The molecule has 0 aliphatic carbocycles. The van der Waals surface area contributed by atoms with Crippen LogP contribution >= 0.6 is 11.3 Å². The molecular weight excluding hydrogens is 386 g/mol. The number of methoxy groups -OCH3 is 1. The maximum absolute atomic E-state index is 12.9. The first kappa shape index (κ1) is 19.7. The molecule has 1 amide bonds. The fourth-order valence-electron chi connectivity index (χ4n) is 3.55. The van der Waals surface area contributed by atoms with Gasteiger partial charge in [-0.15, -0.1) is 11.3 Å². The molecule has 1 saturated heterocycles. The van der Waals surface area contributed by atoms with Gasteiger partial charge in [0.25, 0.3) is 5.91 Å². The summed E-state index contributed by atoms with van der Waals surface area (Å²) in [5.41, 5.74) is 1.69. The first-order chi connectivity index (χ1) is 14.2. The van der Waals surface area contributed by atoms with Crippen LogP contribution in [-0.2, 0) is 6.54 Å². The predicted molar refractivity (Wildman–Crippen MR) is 115 cm³/mol. The molecule has 7 heteroatoms. The second kappa shape index (κ2) is 8.80. The van der Waals surface area contributed by atoms with Crippen molar-refractivity contribution in [2.75, 3.05) is 39.9 Å². The summed E-state index contributed by atoms with van der Waals surface area (Å²) in [6.07, 6.45) is 0. The first-order valence-electron chi connectivity index (χ1n) is 9.85. The number of fused-ring (bicyclic) bond motifs is 1. The highest BCUT2D eigenvalue weighted by Crippen LogP contribution is 2.29. The molecule has 4 rings (SSSR count). The molecule has 0 radical (unpaired) electrons. The Hall–Kier alpha value is -2.64. The summed E-state index contributed by atoms with van der Waals surface area (Å²) < 4.78 is 12.1. The summed E-state index contributed by atoms with van der Waals surface area (Å²) in [5, 5.41) is 1.13. The van der Waals surface area contributed by atoms with Crippen molar-refractivity contribution in [1.29, 1.82) is 0 Å². The summed E-state index contributed by atoms with van der Waals surface area (Å²) in [4.78, 5) is 21.9. The summed E-state index contributed by atoms with van der Waals surface area (Å²) in [7, 11) is 1.60. The quantitative estimate of drug-likeness (QED) is 0.620. The highest BCUT2D eigenvalue weighted by atomic mass is 32.1. The molecule has 2 heterocycles. The molecule has 0 bridgehead atoms. The van der Waals surface area contributed by atoms with E-state index in [0.717, 1.165) is 30.2 Å². The zero-order valence-corrected chi connectivity index (χ0v) is 17.6. The Morgan fingerprint density at radius 2 is 1.90 bits per heavy atom. The smallest absolute Gasteiger partial charge is 0.254 e. The third kappa shape index (κ3) is 4.36. The number of amides is 1. The van der Waals surface area contributed by atoms with Crippen molar-refractivity contribution >= 4 is 27.5 Å². The number of thiazole rings is 1. The Kier molecular flexibility index (Phi) is 5.97. The van der Waals surface area contributed by atoms with Crippen molar-refractivity contribution < 1.29 is 14.3 Å². The van der Waals surface area contributed by atoms with Crippen molar-refractivity contribution in [3.8, 4) is 11.5 Å². The summed E-state index contributed by atoms with van der Waals surface area (Å²) in [6, 6.07) is 13.6. The molecular formula is C22H25N3O3S. The second-order valence-corrected chi connectivity index (χ2v) is 8.06. The van der Waals surface area contributed by atoms with Gasteiger partial charge in [-0.2, -0.15) is 0 Å². The van der Waals surface area contributed by atoms with Crippen LogP contribution in [0.2, 0.25) is 0 Å². The summed E-state index contributed by atoms with van der Waals surface area (Å²) in [5.74, 6) is 1.28. The highest BCUT2D eigenvalue weighted by molar-refractivity contribution is 7.18. The number of hydrogen-bond donors (Lipinski definition) is 0. The normalized spacial score (nSPS) is 14.9. The molecule has 3 aromatic rings. The standard InChI is InChI=1S/C22H25N3O3S/c1-3-28-19-14-16(8-9-18(19)27-2)22(26)25-12-10-24(11-13-25)15-21-23-17-6-4-5-7-20(17)29-21/h4-9,14H,3,10-13,15H2,1-2H3. The van der Waals surface area contributed by atoms with Gasteiger partial charge in [-0.3, -0.25) is 9.69 Å². The molecule has 1 aliphatic heterocycles. The molecule has 0 N–H and O–H groups in total. The highest BCUT2D eigenvalue weighted by Gasteiger charge is 2.23. The van der Waals surface area contributed by atoms with Crippen molar-refractivity contribution in [2.24, 2.45) is 0 Å². The Morgan fingerprint density at radius 3 is 2.62 bits per heavy atom. The number of nitrogens with zero attached hydrogens (tertiary/aromatic N) is 3. The van der Waals surface area contributed by atoms with E-state index < -0.39 is 0 Å². The van der Waals surface area contributed by atoms with E-state index in [0.29, 0.717) is 36.8 Å². The molecule has 1 fully saturated rings. The van der Waals surface area contributed by atoms with Crippen LogP contribution in [0.15, 0.2) is 42.5 Å². The number of piperazine rings is 1. The number of aromatic nitrogens is 1. The average Bonchev–Trinajstić information content (AvgIpc) is 3.16. The van der Waals surface area contributed by atoms with Gasteiger partial charge in [0.1, 0.15) is 5.01 Å². The Labute approximate surface area is 174 Å². The van der Waals surface area contributed by atoms with Crippen molar-refractivity contribution in [2.45, 2.75) is 13.5 Å². The van der Waals surface area contributed by atoms with Gasteiger partial charge in [-0.1, -0.05) is 12.1 Å². The van der Waals surface area contributed by atoms with Gasteiger partial charge in [0.15, 0.2) is 11.5 Å². The van der Waals surface area contributed by atoms with Gasteiger partial charge < -0.3 is 14.4 Å². The monoisotopic (exact) mass is 411 g/mol. The minimum Gasteiger partial charge on any atom is -0.493 e. The van der Waals surface area contributed by atoms with E-state index in [1.54, 1.807) is 36.6 Å². The number of rotatable bonds is 6. The van der Waals surface area contributed by atoms with Gasteiger partial charge in [0.2, 0.25) is 0 Å². The molecule has 2 aromatic carbocycles. The molecule has 0 saturated carbocycles. The average molecular weight is 412 g/mol. The van der Waals surface area contributed by atoms with Crippen LogP contribution in [0.25, 0.3) is 10.2 Å². The van der Waals surface area contributed by atoms with Crippen LogP contribution < -0.4 is 9.47 Å². The lowest BCUT2D eigenvalue weighted by atomic mass is 10.1. The largest absolute Gasteiger partial charge is 0.493 e. The van der Waals surface area contributed by atoms with Crippen LogP contribution in [-0.4, -0.2) is 60.6 Å². The Morgan fingerprint density at radius 1 is 1.10 bits per heavy atom. The minimum absolute atomic E-state index is 0.0354. The lowest BCUT2D eigenvalue weighted by Gasteiger charge is -2.34. The van der Waals surface area contributed by atoms with Crippen LogP contribution in [0.1, 0.15) is 22.3 Å². The number of carbonyl (C=O) groups is 1. The van der Waals surface area contributed by atoms with Crippen LogP contribution in [0.4, 0.5) is 0 Å². The van der Waals surface area contributed by atoms with E-state index in [4.69, 9.17) is 14.5 Å². The number of ether oxygens (including phenoxy) is 2. The molecule has 1 aromatic heterocycles. The second-order valence-electron chi connectivity index (χ2n) is 6.94. The summed E-state index contributed by atoms with van der Waals surface area (Å²) >= 11 is 1.75. The Bertz CT molecular complexity index is 963. The topological polar surface area (TPSA) is 54.9 Å². The lowest BCUT2D eigenvalue weighted by molar-refractivity contribution is 0.0628. The third-order valence-electron chi connectivity index (χ3n) is 5.07. The third-order valence-corrected chi connectivity index (χ3v) is 6.09. The maximum Gasteiger partial charge on any atom is 0.254 e. The van der Waals surface area contributed by atoms with Gasteiger partial charge in [0.05, 0.1) is 30.5 Å². The van der Waals surface area contributed by atoms with E-state index in [9.17, 15) is 4.79 Å². The molecule has 29 heavy (non-hydrogen) atoms. The van der Waals surface area contributed by atoms with Crippen molar-refractivity contribution in [3.63, 3.8) is 0 Å². The minimum atomic E-state index is 0.0354. The van der Waals surface area contributed by atoms with Crippen molar-refractivity contribution in [3.05, 3.63) is 53.0 Å². The molecule has 6 nitrogen and oxygen atoms in total. The number of para-hydroxylation sites is 1. The van der Waals surface area contributed by atoms with Gasteiger partial charge in [-0.05, 0) is 37.3 Å². The predicted octanol–water partition coefficient (Wildman–Crippen LogP) is 3.66. The zero-order valence-electron chi connectivity index (χ0n) is 16.8. The Balaban J connectivity index is 1.37. The van der Waals surface area contributed by atoms with E-state index >= 15 is 0 Å². The van der Waals surface area contributed by atoms with Crippen LogP contribution in [0.3, 0.4) is 0 Å². The number of carbonyl (C=O) groups excluding carboxylic acids is 1. The van der Waals surface area contributed by atoms with Gasteiger partial charge in [-0.25, -0.2) is 4.98 Å². The molecule has 1 aliphatic rings. The zero-order chi connectivity index (χ0) is 20.2.